The van der Waals surface area contributed by atoms with Crippen molar-refractivity contribution in [3.05, 3.63) is 71.3 Å². The largest absolute Gasteiger partial charge is 0.349 e. The number of nitrogens with one attached hydrogen (secondary N) is 1. The lowest BCUT2D eigenvalue weighted by atomic mass is 9.86. The quantitative estimate of drug-likeness (QED) is 0.912. The van der Waals surface area contributed by atoms with Crippen molar-refractivity contribution in [3.63, 3.8) is 0 Å². The zero-order valence-corrected chi connectivity index (χ0v) is 12.7. The molecule has 1 amide bonds. The topological polar surface area (TPSA) is 29.1 Å². The number of aryl methyl sites for hydroxylation is 1. The Hall–Kier alpha value is -2.09. The van der Waals surface area contributed by atoms with Gasteiger partial charge in [-0.15, -0.1) is 0 Å². The predicted molar refractivity (Wildman–Crippen MR) is 87.6 cm³/mol. The second-order valence-corrected chi connectivity index (χ2v) is 6.57. The van der Waals surface area contributed by atoms with Crippen molar-refractivity contribution < 1.29 is 4.79 Å². The lowest BCUT2D eigenvalue weighted by Crippen LogP contribution is -2.38. The highest BCUT2D eigenvalue weighted by molar-refractivity contribution is 5.91. The Morgan fingerprint density at radius 1 is 1.00 bits per heavy atom. The fourth-order valence-electron chi connectivity index (χ4n) is 3.73. The molecule has 4 rings (SSSR count). The summed E-state index contributed by atoms with van der Waals surface area (Å²) in [5, 5.41) is 3.34. The van der Waals surface area contributed by atoms with Crippen LogP contribution in [0, 0.1) is 0 Å². The molecule has 0 aromatic heterocycles. The van der Waals surface area contributed by atoms with Crippen LogP contribution < -0.4 is 5.32 Å². The summed E-state index contributed by atoms with van der Waals surface area (Å²) < 4.78 is 0. The summed E-state index contributed by atoms with van der Waals surface area (Å²) in [4.78, 5) is 12.9. The van der Waals surface area contributed by atoms with Gasteiger partial charge in [-0.25, -0.2) is 0 Å². The van der Waals surface area contributed by atoms with Gasteiger partial charge in [-0.3, -0.25) is 4.79 Å². The Morgan fingerprint density at radius 2 is 1.73 bits per heavy atom. The normalized spacial score (nSPS) is 21.7. The number of rotatable bonds is 3. The van der Waals surface area contributed by atoms with Gasteiger partial charge in [-0.2, -0.15) is 0 Å². The molecule has 112 valence electrons. The first-order chi connectivity index (χ1) is 10.8. The molecule has 22 heavy (non-hydrogen) atoms. The zero-order valence-electron chi connectivity index (χ0n) is 12.7. The van der Waals surface area contributed by atoms with Gasteiger partial charge in [0.1, 0.15) is 0 Å². The molecule has 2 aliphatic carbocycles. The SMILES string of the molecule is O=C(NC1CCCc2ccccc21)C1(c2ccccc2)CC1. The van der Waals surface area contributed by atoms with Gasteiger partial charge in [0.15, 0.2) is 0 Å². The average Bonchev–Trinajstić information content (AvgIpc) is 3.38. The highest BCUT2D eigenvalue weighted by Crippen LogP contribution is 2.49. The minimum absolute atomic E-state index is 0.179. The first-order valence-electron chi connectivity index (χ1n) is 8.24. The van der Waals surface area contributed by atoms with Gasteiger partial charge in [0.2, 0.25) is 5.91 Å². The van der Waals surface area contributed by atoms with Crippen LogP contribution in [0.2, 0.25) is 0 Å². The number of carbonyl (C=O) groups is 1. The maximum Gasteiger partial charge on any atom is 0.231 e. The van der Waals surface area contributed by atoms with Gasteiger partial charge in [0.05, 0.1) is 11.5 Å². The Bertz CT molecular complexity index is 688. The molecule has 2 nitrogen and oxygen atoms in total. The van der Waals surface area contributed by atoms with E-state index >= 15 is 0 Å². The molecule has 0 aliphatic heterocycles. The molecule has 1 N–H and O–H groups in total. The van der Waals surface area contributed by atoms with Crippen LogP contribution in [0.5, 0.6) is 0 Å². The Labute approximate surface area is 131 Å². The maximum absolute atomic E-state index is 12.9. The summed E-state index contributed by atoms with van der Waals surface area (Å²) in [6, 6.07) is 18.9. The molecule has 1 fully saturated rings. The van der Waals surface area contributed by atoms with Crippen LogP contribution >= 0.6 is 0 Å². The Balaban J connectivity index is 1.57. The van der Waals surface area contributed by atoms with Crippen molar-refractivity contribution in [1.29, 1.82) is 0 Å². The van der Waals surface area contributed by atoms with Crippen LogP contribution in [0.15, 0.2) is 54.6 Å². The Kier molecular flexibility index (Phi) is 3.25. The molecule has 1 saturated carbocycles. The third kappa shape index (κ3) is 2.23. The summed E-state index contributed by atoms with van der Waals surface area (Å²) in [6.45, 7) is 0. The molecule has 2 aliphatic rings. The van der Waals surface area contributed by atoms with Crippen LogP contribution in [-0.2, 0) is 16.6 Å². The van der Waals surface area contributed by atoms with E-state index in [9.17, 15) is 4.79 Å². The maximum atomic E-state index is 12.9. The van der Waals surface area contributed by atoms with E-state index in [-0.39, 0.29) is 17.4 Å². The van der Waals surface area contributed by atoms with Crippen LogP contribution in [0.25, 0.3) is 0 Å². The minimum atomic E-state index is -0.270. The fourth-order valence-corrected chi connectivity index (χ4v) is 3.73. The van der Waals surface area contributed by atoms with Crippen LogP contribution in [0.4, 0.5) is 0 Å². The van der Waals surface area contributed by atoms with E-state index in [0.717, 1.165) is 37.7 Å². The standard InChI is InChI=1S/C20H21NO/c22-19(20(13-14-20)16-9-2-1-3-10-16)21-18-12-6-8-15-7-4-5-11-17(15)18/h1-5,7,9-11,18H,6,8,12-14H2,(H,21,22). The van der Waals surface area contributed by atoms with Crippen molar-refractivity contribution in [1.82, 2.24) is 5.32 Å². The van der Waals surface area contributed by atoms with E-state index < -0.39 is 0 Å². The average molecular weight is 291 g/mol. The van der Waals surface area contributed by atoms with Gasteiger partial charge >= 0.3 is 0 Å². The second kappa shape index (κ2) is 5.28. The van der Waals surface area contributed by atoms with E-state index in [4.69, 9.17) is 0 Å². The number of hydrogen-bond donors (Lipinski definition) is 1. The lowest BCUT2D eigenvalue weighted by molar-refractivity contribution is -0.124. The molecule has 0 saturated heterocycles. The number of amides is 1. The molecule has 0 radical (unpaired) electrons. The molecule has 0 heterocycles. The number of hydrogen-bond acceptors (Lipinski definition) is 1. The first-order valence-corrected chi connectivity index (χ1v) is 8.24. The van der Waals surface area contributed by atoms with Crippen molar-refractivity contribution in [2.45, 2.75) is 43.6 Å². The molecule has 1 unspecified atom stereocenters. The van der Waals surface area contributed by atoms with Crippen molar-refractivity contribution in [3.8, 4) is 0 Å². The predicted octanol–water partition coefficient (Wildman–Crippen LogP) is 3.91. The van der Waals surface area contributed by atoms with Gasteiger partial charge in [-0.1, -0.05) is 54.6 Å². The monoisotopic (exact) mass is 291 g/mol. The van der Waals surface area contributed by atoms with E-state index in [2.05, 4.69) is 41.7 Å². The zero-order chi connectivity index (χ0) is 15.0. The van der Waals surface area contributed by atoms with Crippen LogP contribution in [-0.4, -0.2) is 5.91 Å². The molecule has 2 heteroatoms. The lowest BCUT2D eigenvalue weighted by Gasteiger charge is -2.28. The summed E-state index contributed by atoms with van der Waals surface area (Å²) in [5.41, 5.74) is 3.60. The molecule has 2 aromatic carbocycles. The van der Waals surface area contributed by atoms with Gasteiger partial charge in [0, 0.05) is 0 Å². The molecule has 2 aromatic rings. The van der Waals surface area contributed by atoms with E-state index in [1.54, 1.807) is 0 Å². The number of carbonyl (C=O) groups excluding carboxylic acids is 1. The fraction of sp³-hybridized carbons (Fsp3) is 0.350. The third-order valence-electron chi connectivity index (χ3n) is 5.19. The highest BCUT2D eigenvalue weighted by Gasteiger charge is 2.51. The third-order valence-corrected chi connectivity index (χ3v) is 5.19. The molecule has 0 spiro atoms. The van der Waals surface area contributed by atoms with Crippen molar-refractivity contribution in [2.24, 2.45) is 0 Å². The van der Waals surface area contributed by atoms with Crippen molar-refractivity contribution in [2.75, 3.05) is 0 Å². The number of fused-ring (bicyclic) bond motifs is 1. The smallest absolute Gasteiger partial charge is 0.231 e. The molecule has 0 bridgehead atoms. The van der Waals surface area contributed by atoms with Gasteiger partial charge in [0.25, 0.3) is 0 Å². The second-order valence-electron chi connectivity index (χ2n) is 6.57. The minimum Gasteiger partial charge on any atom is -0.349 e. The summed E-state index contributed by atoms with van der Waals surface area (Å²) in [7, 11) is 0. The molecular weight excluding hydrogens is 270 g/mol. The van der Waals surface area contributed by atoms with E-state index in [0.29, 0.717) is 0 Å². The summed E-state index contributed by atoms with van der Waals surface area (Å²) in [5.74, 6) is 0.209. The first kappa shape index (κ1) is 13.6. The van der Waals surface area contributed by atoms with E-state index in [1.165, 1.54) is 11.1 Å². The van der Waals surface area contributed by atoms with Gasteiger partial charge < -0.3 is 5.32 Å². The molecule has 1 atom stereocenters. The summed E-state index contributed by atoms with van der Waals surface area (Å²) in [6.07, 6.45) is 5.27. The summed E-state index contributed by atoms with van der Waals surface area (Å²) >= 11 is 0. The van der Waals surface area contributed by atoms with Crippen LogP contribution in [0.3, 0.4) is 0 Å². The van der Waals surface area contributed by atoms with E-state index in [1.807, 2.05) is 18.2 Å². The van der Waals surface area contributed by atoms with Crippen molar-refractivity contribution >= 4 is 5.91 Å². The van der Waals surface area contributed by atoms with Gasteiger partial charge in [-0.05, 0) is 48.8 Å². The molecular formula is C20H21NO. The number of benzene rings is 2. The van der Waals surface area contributed by atoms with Crippen LogP contribution in [0.1, 0.15) is 48.4 Å². The highest BCUT2D eigenvalue weighted by atomic mass is 16.2. The Morgan fingerprint density at radius 3 is 2.50 bits per heavy atom.